The van der Waals surface area contributed by atoms with E-state index in [2.05, 4.69) is 360 Å². The second-order valence-electron chi connectivity index (χ2n) is 34.1. The minimum atomic E-state index is -1.38. The molecule has 12 nitrogen and oxygen atoms in total. The fraction of sp³-hybridized carbons (Fsp3) is 0.107. The molecular weight excluding hydrogens is 2220 g/mol. The Bertz CT molecular complexity index is 6610. The Hall–Kier alpha value is -14.3. The molecule has 0 spiro atoms. The largest absolute Gasteiger partial charge is 0.382 e. The number of benzene rings is 16. The number of aryl methyl sites for hydroxylation is 6. The predicted octanol–water partition coefficient (Wildman–Crippen LogP) is 30.2. The number of pyridine rings is 2. The third kappa shape index (κ3) is 26.5. The van der Waals surface area contributed by atoms with Gasteiger partial charge in [-0.25, -0.2) is 0 Å². The molecule has 3 heterocycles. The minimum absolute atomic E-state index is 0. The summed E-state index contributed by atoms with van der Waals surface area (Å²) in [7, 11) is 0. The summed E-state index contributed by atoms with van der Waals surface area (Å²) in [6.07, 6.45) is 8.15. The van der Waals surface area contributed by atoms with Crippen molar-refractivity contribution < 1.29 is 80.1 Å². The maximum atomic E-state index is 12.0. The predicted molar refractivity (Wildman–Crippen MR) is 553 cm³/mol. The molecule has 0 bridgehead atoms. The van der Waals surface area contributed by atoms with Crippen LogP contribution in [-0.4, -0.2) is 52.5 Å². The first-order valence-corrected chi connectivity index (χ1v) is 44.9. The van der Waals surface area contributed by atoms with Crippen LogP contribution >= 0.6 is 0 Å². The third-order valence-electron chi connectivity index (χ3n) is 22.6. The second kappa shape index (κ2) is 48.2. The van der Waals surface area contributed by atoms with Gasteiger partial charge in [0, 0.05) is 170 Å². The summed E-state index contributed by atoms with van der Waals surface area (Å²) in [5.74, 6) is 0.308. The minimum Gasteiger partial charge on any atom is -0.382 e. The average molecular weight is 2330 g/mol. The number of nitrogens with zero attached hydrogens (tertiary/aromatic N) is 8. The number of ketones is 2. The van der Waals surface area contributed by atoms with Crippen LogP contribution in [0.2, 0.25) is 0 Å². The van der Waals surface area contributed by atoms with Crippen LogP contribution in [0.1, 0.15) is 92.9 Å². The molecule has 137 heavy (non-hydrogen) atoms. The van der Waals surface area contributed by atoms with Crippen molar-refractivity contribution in [2.75, 3.05) is 19.6 Å². The third-order valence-corrected chi connectivity index (χ3v) is 22.6. The first-order valence-electron chi connectivity index (χ1n) is 44.9. The SMILES string of the molecule is CC(C)(O)C(=O)c1ccc(Cc2ccc(C(=O)C(C)(C)O)cc2)cc1.Cc1cc(C)c(-n2ccnc2-c2[c-]cccc2)c(C)c1.Cc1cccc(N(c2ccccc2)c2ccc(N(c3ccc(N(c4ccccc4)c4cccc(C)c4)cc3)c3ccc(N(c4ccccc4)c4cccc(C)c4)cc3)cc2)c1.[Ir].[Ir].[Ir].[c-]1ccccc1-c1ccccn1.[c-]1ccccc1-c1nccc2ccccc12. The number of carbonyl (C=O) groups is 2. The number of fused-ring (bicyclic) bond motifs is 1. The number of hydrogen-bond donors (Lipinski definition) is 2. The summed E-state index contributed by atoms with van der Waals surface area (Å²) in [4.78, 5) is 46.5. The number of Topliss-reactive ketones (excluding diaryl/α,β-unsaturated/α-hetero) is 2. The van der Waals surface area contributed by atoms with E-state index in [0.29, 0.717) is 17.5 Å². The number of imidazole rings is 1. The number of carbonyl (C=O) groups excluding carboxylic acids is 2. The molecule has 689 valence electrons. The summed E-state index contributed by atoms with van der Waals surface area (Å²) in [6, 6.07) is 153. The van der Waals surface area contributed by atoms with E-state index in [1.165, 1.54) is 77.5 Å². The van der Waals surface area contributed by atoms with Gasteiger partial charge in [0.1, 0.15) is 11.2 Å². The van der Waals surface area contributed by atoms with Gasteiger partial charge in [-0.2, -0.15) is 0 Å². The maximum Gasteiger partial charge on any atom is 0.193 e. The Morgan fingerprint density at radius 3 is 1.01 bits per heavy atom. The molecule has 19 aromatic rings. The van der Waals surface area contributed by atoms with Gasteiger partial charge < -0.3 is 44.3 Å². The molecule has 19 rings (SSSR count). The molecule has 0 unspecified atom stereocenters. The van der Waals surface area contributed by atoms with Crippen LogP contribution in [0.15, 0.2) is 443 Å². The molecule has 3 aromatic heterocycles. The van der Waals surface area contributed by atoms with Crippen molar-refractivity contribution in [1.29, 1.82) is 0 Å². The summed E-state index contributed by atoms with van der Waals surface area (Å²) < 4.78 is 2.15. The molecule has 0 saturated heterocycles. The van der Waals surface area contributed by atoms with Crippen LogP contribution < -0.4 is 19.6 Å². The van der Waals surface area contributed by atoms with Crippen LogP contribution in [0.25, 0.3) is 50.4 Å². The van der Waals surface area contributed by atoms with E-state index in [1.807, 2.05) is 152 Å². The van der Waals surface area contributed by atoms with Gasteiger partial charge >= 0.3 is 0 Å². The number of rotatable bonds is 22. The quantitative estimate of drug-likeness (QED) is 0.0497. The van der Waals surface area contributed by atoms with Gasteiger partial charge in [-0.15, -0.1) is 108 Å². The normalized spacial score (nSPS) is 10.7. The first kappa shape index (κ1) is 102. The molecule has 0 aliphatic heterocycles. The molecule has 3 radical (unpaired) electrons. The molecule has 16 aromatic carbocycles. The Morgan fingerprint density at radius 1 is 0.307 bits per heavy atom. The van der Waals surface area contributed by atoms with E-state index in [1.54, 1.807) is 30.5 Å². The molecule has 0 saturated carbocycles. The molecule has 0 fully saturated rings. The van der Waals surface area contributed by atoms with E-state index in [-0.39, 0.29) is 71.9 Å². The molecule has 0 atom stereocenters. The molecule has 0 amide bonds. The molecular formula is C122H107Ir3N8O4-3. The molecule has 0 aliphatic carbocycles. The standard InChI is InChI=1S/C57H48N4.C21H24O4.C18H17N2.C15H10N.C11H8N.3Ir/c1-43-16-13-25-55(40-43)59(46-19-7-4-8-20-46)52-34-28-49(29-35-52)58(50-30-36-53(37-31-50)60(47-21-9-5-10-22-47)56-26-14-17-44(2)41-56)51-32-38-54(39-33-51)61(48-23-11-6-12-24-48)57-27-15-18-45(3)42-57;1-20(2,24)18(22)16-9-5-14(6-10-16)13-15-7-11-17(12-8-15)19(23)21(3,4)25;1-13-11-14(2)17(15(3)12-13)20-10-9-19-18(20)16-7-5-4-6-8-16;1-2-7-13(8-3-1)15-14-9-5-4-6-12(14)10-11-16-15;1-2-6-10(7-3-1)11-8-4-5-9-12-11;;;/h4-42H,1-3H3;5-12,24-25H,13H2,1-4H3;4-7,9-12H,1-3H3;1-7,9-11H;1-6,8-9H;;;/q;;3*-1;;;. The Labute approximate surface area is 846 Å². The van der Waals surface area contributed by atoms with E-state index >= 15 is 0 Å². The Balaban J connectivity index is 0.000000180. The van der Waals surface area contributed by atoms with Crippen molar-refractivity contribution in [3.63, 3.8) is 0 Å². The summed E-state index contributed by atoms with van der Waals surface area (Å²) in [5, 5.41) is 21.9. The Morgan fingerprint density at radius 2 is 0.650 bits per heavy atom. The molecule has 2 N–H and O–H groups in total. The zero-order chi connectivity index (χ0) is 93.5. The fourth-order valence-corrected chi connectivity index (χ4v) is 16.3. The summed E-state index contributed by atoms with van der Waals surface area (Å²) in [6.45, 7) is 18.7. The summed E-state index contributed by atoms with van der Waals surface area (Å²) >= 11 is 0. The van der Waals surface area contributed by atoms with Crippen LogP contribution in [0.4, 0.5) is 68.2 Å². The Kier molecular flexibility index (Phi) is 35.8. The second-order valence-corrected chi connectivity index (χ2v) is 34.1. The van der Waals surface area contributed by atoms with Gasteiger partial charge in [0.05, 0.1) is 5.82 Å². The van der Waals surface area contributed by atoms with Crippen LogP contribution in [0.3, 0.4) is 0 Å². The zero-order valence-electron chi connectivity index (χ0n) is 78.1. The van der Waals surface area contributed by atoms with Crippen LogP contribution in [-0.2, 0) is 66.7 Å². The van der Waals surface area contributed by atoms with Crippen molar-refractivity contribution in [2.45, 2.75) is 86.9 Å². The molecule has 0 aliphatic rings. The van der Waals surface area contributed by atoms with E-state index in [9.17, 15) is 19.8 Å². The van der Waals surface area contributed by atoms with Gasteiger partial charge in [-0.3, -0.25) is 14.6 Å². The van der Waals surface area contributed by atoms with Gasteiger partial charge in [-0.1, -0.05) is 194 Å². The van der Waals surface area contributed by atoms with E-state index in [0.717, 1.165) is 113 Å². The van der Waals surface area contributed by atoms with Gasteiger partial charge in [0.25, 0.3) is 0 Å². The van der Waals surface area contributed by atoms with Crippen LogP contribution in [0.5, 0.6) is 0 Å². The van der Waals surface area contributed by atoms with Crippen molar-refractivity contribution in [3.05, 3.63) is 517 Å². The fourth-order valence-electron chi connectivity index (χ4n) is 16.3. The van der Waals surface area contributed by atoms with Crippen molar-refractivity contribution in [1.82, 2.24) is 19.5 Å². The van der Waals surface area contributed by atoms with E-state index in [4.69, 9.17) is 0 Å². The number of aromatic nitrogens is 4. The maximum absolute atomic E-state index is 12.0. The number of anilines is 12. The number of aliphatic hydroxyl groups is 2. The first-order chi connectivity index (χ1) is 65.0. The van der Waals surface area contributed by atoms with Gasteiger partial charge in [0.15, 0.2) is 11.6 Å². The van der Waals surface area contributed by atoms with Gasteiger partial charge in [0.2, 0.25) is 0 Å². The monoisotopic (exact) mass is 2330 g/mol. The van der Waals surface area contributed by atoms with Crippen LogP contribution in [0, 0.1) is 59.7 Å². The average Bonchev–Trinajstić information content (AvgIpc) is 1.55. The topological polar surface area (TPSA) is 131 Å². The van der Waals surface area contributed by atoms with E-state index < -0.39 is 11.2 Å². The zero-order valence-corrected chi connectivity index (χ0v) is 85.3. The van der Waals surface area contributed by atoms with Gasteiger partial charge in [-0.05, 0) is 294 Å². The number of hydrogen-bond acceptors (Lipinski definition) is 11. The van der Waals surface area contributed by atoms with Crippen molar-refractivity contribution in [3.8, 4) is 39.6 Å². The summed E-state index contributed by atoms with van der Waals surface area (Å²) in [5.41, 5.74) is 27.1. The molecule has 15 heteroatoms. The number of para-hydroxylation sites is 3. The van der Waals surface area contributed by atoms with Crippen molar-refractivity contribution >= 4 is 90.6 Å². The smallest absolute Gasteiger partial charge is 0.193 e. The van der Waals surface area contributed by atoms with Crippen molar-refractivity contribution in [2.24, 2.45) is 0 Å².